The number of carbonyl (C=O) groups is 2. The highest BCUT2D eigenvalue weighted by molar-refractivity contribution is 5.92. The summed E-state index contributed by atoms with van der Waals surface area (Å²) in [5.74, 6) is -0.695. The van der Waals surface area contributed by atoms with Gasteiger partial charge < -0.3 is 15.2 Å². The fraction of sp³-hybridized carbons (Fsp3) is 0.0667. The summed E-state index contributed by atoms with van der Waals surface area (Å²) in [6.07, 6.45) is 0. The maximum Gasteiger partial charge on any atom is 0.339 e. The van der Waals surface area contributed by atoms with E-state index in [0.717, 1.165) is 0 Å². The normalized spacial score (nSPS) is 9.85. The number of nitrogens with one attached hydrogen (secondary N) is 1. The van der Waals surface area contributed by atoms with Crippen molar-refractivity contribution in [2.75, 3.05) is 5.32 Å². The van der Waals surface area contributed by atoms with Gasteiger partial charge in [-0.05, 0) is 24.3 Å². The minimum absolute atomic E-state index is 0.0603. The van der Waals surface area contributed by atoms with Crippen LogP contribution in [0.3, 0.4) is 0 Å². The molecule has 0 saturated heterocycles. The summed E-state index contributed by atoms with van der Waals surface area (Å²) >= 11 is 0. The van der Waals surface area contributed by atoms with Crippen molar-refractivity contribution in [1.82, 2.24) is 0 Å². The first-order valence-corrected chi connectivity index (χ1v) is 5.94. The number of hydrogen-bond acceptors (Lipinski definition) is 3. The summed E-state index contributed by atoms with van der Waals surface area (Å²) in [7, 11) is 0. The van der Waals surface area contributed by atoms with Gasteiger partial charge in [-0.25, -0.2) is 4.79 Å². The number of ether oxygens (including phenoxy) is 1. The molecule has 102 valence electrons. The van der Waals surface area contributed by atoms with Crippen molar-refractivity contribution >= 4 is 17.6 Å². The number of benzene rings is 2. The molecule has 0 aliphatic heterocycles. The highest BCUT2D eigenvalue weighted by Gasteiger charge is 2.13. The van der Waals surface area contributed by atoms with Crippen LogP contribution >= 0.6 is 0 Å². The van der Waals surface area contributed by atoms with Crippen molar-refractivity contribution < 1.29 is 19.4 Å². The van der Waals surface area contributed by atoms with E-state index >= 15 is 0 Å². The third-order valence-electron chi connectivity index (χ3n) is 2.54. The van der Waals surface area contributed by atoms with Gasteiger partial charge in [0.1, 0.15) is 11.3 Å². The predicted octanol–water partition coefficient (Wildman–Crippen LogP) is 3.14. The van der Waals surface area contributed by atoms with Crippen LogP contribution < -0.4 is 10.1 Å². The maximum absolute atomic E-state index is 11.1. The molecule has 2 aromatic rings. The summed E-state index contributed by atoms with van der Waals surface area (Å²) in [5, 5.41) is 11.7. The first-order valence-electron chi connectivity index (χ1n) is 5.94. The SMILES string of the molecule is CC(=O)Nc1ccccc1Oc1ccccc1C(=O)O. The summed E-state index contributed by atoms with van der Waals surface area (Å²) in [6.45, 7) is 1.39. The standard InChI is InChI=1S/C15H13NO4/c1-10(17)16-12-7-3-5-9-14(12)20-13-8-4-2-6-11(13)15(18)19/h2-9H,1H3,(H,16,17)(H,18,19). The Labute approximate surface area is 115 Å². The number of carboxylic acid groups (broad SMARTS) is 1. The van der Waals surface area contributed by atoms with Gasteiger partial charge in [-0.2, -0.15) is 0 Å². The number of anilines is 1. The van der Waals surface area contributed by atoms with Crippen LogP contribution in [0.2, 0.25) is 0 Å². The summed E-state index contributed by atoms with van der Waals surface area (Å²) in [4.78, 5) is 22.3. The fourth-order valence-corrected chi connectivity index (χ4v) is 1.70. The molecule has 2 N–H and O–H groups in total. The largest absolute Gasteiger partial charge is 0.478 e. The first kappa shape index (κ1) is 13.6. The lowest BCUT2D eigenvalue weighted by Crippen LogP contribution is -2.07. The minimum Gasteiger partial charge on any atom is -0.478 e. The van der Waals surface area contributed by atoms with Crippen LogP contribution in [0.5, 0.6) is 11.5 Å². The number of rotatable bonds is 4. The molecular formula is C15H13NO4. The lowest BCUT2D eigenvalue weighted by molar-refractivity contribution is -0.114. The molecule has 0 atom stereocenters. The van der Waals surface area contributed by atoms with E-state index in [0.29, 0.717) is 11.4 Å². The Balaban J connectivity index is 2.35. The van der Waals surface area contributed by atoms with Crippen LogP contribution in [0.15, 0.2) is 48.5 Å². The van der Waals surface area contributed by atoms with Gasteiger partial charge in [-0.1, -0.05) is 24.3 Å². The highest BCUT2D eigenvalue weighted by atomic mass is 16.5. The lowest BCUT2D eigenvalue weighted by Gasteiger charge is -2.12. The molecule has 0 aromatic heterocycles. The van der Waals surface area contributed by atoms with Gasteiger partial charge in [-0.15, -0.1) is 0 Å². The Hall–Kier alpha value is -2.82. The van der Waals surface area contributed by atoms with Crippen LogP contribution in [0.25, 0.3) is 0 Å². The quantitative estimate of drug-likeness (QED) is 0.895. The molecule has 20 heavy (non-hydrogen) atoms. The summed E-state index contributed by atoms with van der Waals surface area (Å²) in [5.41, 5.74) is 0.547. The first-order chi connectivity index (χ1) is 9.58. The number of para-hydroxylation sites is 3. The molecular weight excluding hydrogens is 258 g/mol. The second-order valence-corrected chi connectivity index (χ2v) is 4.08. The van der Waals surface area contributed by atoms with Gasteiger partial charge in [0.2, 0.25) is 5.91 Å². The lowest BCUT2D eigenvalue weighted by atomic mass is 10.2. The maximum atomic E-state index is 11.1. The number of aromatic carboxylic acids is 1. The molecule has 0 aliphatic carbocycles. The summed E-state index contributed by atoms with van der Waals surface area (Å²) in [6, 6.07) is 13.2. The zero-order valence-corrected chi connectivity index (χ0v) is 10.8. The number of carbonyl (C=O) groups excluding carboxylic acids is 1. The van der Waals surface area contributed by atoms with E-state index in [1.54, 1.807) is 42.5 Å². The van der Waals surface area contributed by atoms with Crippen LogP contribution in [-0.4, -0.2) is 17.0 Å². The van der Waals surface area contributed by atoms with Gasteiger partial charge in [0.05, 0.1) is 5.69 Å². The van der Waals surface area contributed by atoms with Gasteiger partial charge in [0.15, 0.2) is 5.75 Å². The van der Waals surface area contributed by atoms with Crippen LogP contribution in [0.1, 0.15) is 17.3 Å². The van der Waals surface area contributed by atoms with Crippen molar-refractivity contribution in [3.8, 4) is 11.5 Å². The predicted molar refractivity (Wildman–Crippen MR) is 74.2 cm³/mol. The average molecular weight is 271 g/mol. The molecule has 1 amide bonds. The monoisotopic (exact) mass is 271 g/mol. The molecule has 0 unspecified atom stereocenters. The Morgan fingerprint density at radius 1 is 1.00 bits per heavy atom. The number of carboxylic acids is 1. The molecule has 0 saturated carbocycles. The third kappa shape index (κ3) is 3.14. The Morgan fingerprint density at radius 3 is 2.25 bits per heavy atom. The smallest absolute Gasteiger partial charge is 0.339 e. The number of amides is 1. The third-order valence-corrected chi connectivity index (χ3v) is 2.54. The van der Waals surface area contributed by atoms with Gasteiger partial charge in [0.25, 0.3) is 0 Å². The molecule has 0 fully saturated rings. The van der Waals surface area contributed by atoms with Gasteiger partial charge in [-0.3, -0.25) is 4.79 Å². The average Bonchev–Trinajstić information content (AvgIpc) is 2.41. The zero-order valence-electron chi connectivity index (χ0n) is 10.8. The molecule has 0 radical (unpaired) electrons. The van der Waals surface area contributed by atoms with E-state index in [-0.39, 0.29) is 17.2 Å². The summed E-state index contributed by atoms with van der Waals surface area (Å²) < 4.78 is 5.61. The minimum atomic E-state index is -1.07. The van der Waals surface area contributed by atoms with Crippen LogP contribution in [0, 0.1) is 0 Å². The van der Waals surface area contributed by atoms with Crippen molar-refractivity contribution in [3.05, 3.63) is 54.1 Å². The number of hydrogen-bond donors (Lipinski definition) is 2. The fourth-order valence-electron chi connectivity index (χ4n) is 1.70. The zero-order chi connectivity index (χ0) is 14.5. The topological polar surface area (TPSA) is 75.6 Å². The molecule has 2 rings (SSSR count). The highest BCUT2D eigenvalue weighted by Crippen LogP contribution is 2.31. The van der Waals surface area contributed by atoms with E-state index in [1.165, 1.54) is 13.0 Å². The molecule has 0 bridgehead atoms. The van der Waals surface area contributed by atoms with E-state index in [2.05, 4.69) is 5.32 Å². The Morgan fingerprint density at radius 2 is 1.60 bits per heavy atom. The van der Waals surface area contributed by atoms with E-state index in [9.17, 15) is 9.59 Å². The van der Waals surface area contributed by atoms with Crippen molar-refractivity contribution in [2.24, 2.45) is 0 Å². The molecule has 0 spiro atoms. The molecule has 0 heterocycles. The van der Waals surface area contributed by atoms with Crippen LogP contribution in [0.4, 0.5) is 5.69 Å². The van der Waals surface area contributed by atoms with Crippen LogP contribution in [-0.2, 0) is 4.79 Å². The van der Waals surface area contributed by atoms with E-state index in [1.807, 2.05) is 0 Å². The molecule has 0 aliphatic rings. The van der Waals surface area contributed by atoms with Gasteiger partial charge in [0, 0.05) is 6.92 Å². The van der Waals surface area contributed by atoms with Gasteiger partial charge >= 0.3 is 5.97 Å². The second kappa shape index (κ2) is 5.88. The van der Waals surface area contributed by atoms with E-state index in [4.69, 9.17) is 9.84 Å². The molecule has 5 nitrogen and oxygen atoms in total. The Bertz CT molecular complexity index is 652. The second-order valence-electron chi connectivity index (χ2n) is 4.08. The van der Waals surface area contributed by atoms with E-state index < -0.39 is 5.97 Å². The van der Waals surface area contributed by atoms with Crippen molar-refractivity contribution in [1.29, 1.82) is 0 Å². The molecule has 2 aromatic carbocycles. The van der Waals surface area contributed by atoms with Crippen molar-refractivity contribution in [2.45, 2.75) is 6.92 Å². The molecule has 5 heteroatoms. The Kier molecular flexibility index (Phi) is 4.00. The van der Waals surface area contributed by atoms with Crippen molar-refractivity contribution in [3.63, 3.8) is 0 Å².